The van der Waals surface area contributed by atoms with Gasteiger partial charge in [-0.3, -0.25) is 14.5 Å². The number of amides is 2. The van der Waals surface area contributed by atoms with Gasteiger partial charge < -0.3 is 29.7 Å². The zero-order valence-corrected chi connectivity index (χ0v) is 27.0. The third kappa shape index (κ3) is 8.44. The highest BCUT2D eigenvalue weighted by Crippen LogP contribution is 2.35. The Morgan fingerprint density at radius 1 is 1.09 bits per heavy atom. The first-order valence-electron chi connectivity index (χ1n) is 16.0. The second kappa shape index (κ2) is 15.7. The highest BCUT2D eigenvalue weighted by atomic mass is 16.5. The topological polar surface area (TPSA) is 118 Å². The molecule has 11 nitrogen and oxygen atoms in total. The molecule has 0 spiro atoms. The standard InChI is InChI=1S/C35H44N6O5/c1-5-25-8-9-26-20-33(42)38-30(18-24(2)3)35(43)41(11-6-10-40-13-16-45-17-14-40)12-7-15-46-32-21-27-29(22-31(32)44-4)36-23-37-34(27)39-28(26)19-25/h1,8-9,19,21-24,30H,6-7,10-18,20H2,2-4H3,(H,38,42)(H,36,37,39)/t30-/m1/s1. The Morgan fingerprint density at radius 3 is 2.67 bits per heavy atom. The molecule has 1 aromatic heterocycles. The van der Waals surface area contributed by atoms with Crippen molar-refractivity contribution in [2.75, 3.05) is 65.0 Å². The van der Waals surface area contributed by atoms with Gasteiger partial charge in [-0.05, 0) is 48.9 Å². The van der Waals surface area contributed by atoms with Crippen LogP contribution < -0.4 is 20.1 Å². The number of ether oxygens (including phenoxy) is 3. The van der Waals surface area contributed by atoms with Crippen LogP contribution in [-0.4, -0.2) is 97.3 Å². The van der Waals surface area contributed by atoms with Crippen LogP contribution in [0.4, 0.5) is 11.5 Å². The van der Waals surface area contributed by atoms with Crippen LogP contribution in [0.15, 0.2) is 36.7 Å². The number of terminal acetylenes is 1. The number of morpholine rings is 1. The van der Waals surface area contributed by atoms with E-state index in [-0.39, 0.29) is 24.2 Å². The van der Waals surface area contributed by atoms with Gasteiger partial charge in [0.25, 0.3) is 0 Å². The van der Waals surface area contributed by atoms with Crippen molar-refractivity contribution in [1.82, 2.24) is 25.1 Å². The Hall–Kier alpha value is -4.40. The van der Waals surface area contributed by atoms with Gasteiger partial charge in [0.1, 0.15) is 18.2 Å². The second-order valence-corrected chi connectivity index (χ2v) is 12.1. The van der Waals surface area contributed by atoms with E-state index in [2.05, 4.69) is 45.3 Å². The molecule has 2 aliphatic heterocycles. The van der Waals surface area contributed by atoms with E-state index in [9.17, 15) is 9.59 Å². The molecule has 0 saturated carbocycles. The normalized spacial score (nSPS) is 18.3. The van der Waals surface area contributed by atoms with Gasteiger partial charge in [-0.25, -0.2) is 9.97 Å². The molecule has 1 atom stereocenters. The number of benzene rings is 2. The molecular weight excluding hydrogens is 584 g/mol. The summed E-state index contributed by atoms with van der Waals surface area (Å²) in [5.41, 5.74) is 2.68. The summed E-state index contributed by atoms with van der Waals surface area (Å²) in [5.74, 6) is 4.20. The first-order chi connectivity index (χ1) is 22.3. The van der Waals surface area contributed by atoms with Crippen LogP contribution in [0.2, 0.25) is 0 Å². The van der Waals surface area contributed by atoms with E-state index in [0.29, 0.717) is 66.6 Å². The summed E-state index contributed by atoms with van der Waals surface area (Å²) in [5, 5.41) is 7.18. The van der Waals surface area contributed by atoms with Gasteiger partial charge in [0.05, 0.1) is 38.9 Å². The summed E-state index contributed by atoms with van der Waals surface area (Å²) in [6.45, 7) is 9.70. The summed E-state index contributed by atoms with van der Waals surface area (Å²) in [7, 11) is 1.59. The fraction of sp³-hybridized carbons (Fsp3) is 0.486. The maximum Gasteiger partial charge on any atom is 0.245 e. The van der Waals surface area contributed by atoms with Crippen LogP contribution in [0.5, 0.6) is 11.5 Å². The van der Waals surface area contributed by atoms with Crippen molar-refractivity contribution in [2.24, 2.45) is 5.92 Å². The molecule has 0 unspecified atom stereocenters. The smallest absolute Gasteiger partial charge is 0.245 e. The fourth-order valence-electron chi connectivity index (χ4n) is 5.91. The SMILES string of the molecule is C#Cc1ccc2c(c1)Nc1ncnc3cc(OC)c(cc13)OCCCN(CCCN1CCOCC1)C(=O)[C@@H](CC(C)C)NC(=O)C2. The summed E-state index contributed by atoms with van der Waals surface area (Å²) in [6.07, 6.45) is 9.22. The van der Waals surface area contributed by atoms with Gasteiger partial charge in [-0.15, -0.1) is 6.42 Å². The minimum Gasteiger partial charge on any atom is -0.493 e. The summed E-state index contributed by atoms with van der Waals surface area (Å²) in [4.78, 5) is 40.9. The van der Waals surface area contributed by atoms with Crippen molar-refractivity contribution in [1.29, 1.82) is 0 Å². The van der Waals surface area contributed by atoms with Gasteiger partial charge >= 0.3 is 0 Å². The molecule has 5 rings (SSSR count). The predicted octanol–water partition coefficient (Wildman–Crippen LogP) is 3.77. The van der Waals surface area contributed by atoms with Crippen molar-refractivity contribution in [3.05, 3.63) is 47.8 Å². The Kier molecular flexibility index (Phi) is 11.3. The van der Waals surface area contributed by atoms with Crippen molar-refractivity contribution in [3.63, 3.8) is 0 Å². The van der Waals surface area contributed by atoms with Gasteiger partial charge in [-0.1, -0.05) is 25.8 Å². The first kappa shape index (κ1) is 33.0. The van der Waals surface area contributed by atoms with Crippen LogP contribution in [-0.2, 0) is 20.7 Å². The highest BCUT2D eigenvalue weighted by molar-refractivity contribution is 5.94. The van der Waals surface area contributed by atoms with Crippen molar-refractivity contribution in [2.45, 2.75) is 45.6 Å². The number of rotatable bonds is 7. The number of aromatic nitrogens is 2. The Labute approximate surface area is 271 Å². The molecule has 244 valence electrons. The summed E-state index contributed by atoms with van der Waals surface area (Å²) >= 11 is 0. The minimum absolute atomic E-state index is 0.0529. The molecule has 2 aliphatic rings. The zero-order valence-electron chi connectivity index (χ0n) is 27.0. The van der Waals surface area contributed by atoms with Crippen molar-refractivity contribution >= 4 is 34.2 Å². The lowest BCUT2D eigenvalue weighted by molar-refractivity contribution is -0.137. The molecule has 3 aromatic rings. The van der Waals surface area contributed by atoms with E-state index in [4.69, 9.17) is 20.6 Å². The third-order valence-electron chi connectivity index (χ3n) is 8.29. The maximum absolute atomic E-state index is 14.1. The molecule has 3 heterocycles. The lowest BCUT2D eigenvalue weighted by Crippen LogP contribution is -2.50. The van der Waals surface area contributed by atoms with Crippen LogP contribution in [0.1, 0.15) is 44.2 Å². The number of hydrogen-bond donors (Lipinski definition) is 2. The maximum atomic E-state index is 14.1. The van der Waals surface area contributed by atoms with Gasteiger partial charge in [0, 0.05) is 55.4 Å². The van der Waals surface area contributed by atoms with E-state index < -0.39 is 6.04 Å². The van der Waals surface area contributed by atoms with Crippen LogP contribution in [0.25, 0.3) is 10.9 Å². The van der Waals surface area contributed by atoms with Crippen LogP contribution >= 0.6 is 0 Å². The molecule has 2 N–H and O–H groups in total. The lowest BCUT2D eigenvalue weighted by atomic mass is 10.0. The summed E-state index contributed by atoms with van der Waals surface area (Å²) in [6, 6.07) is 8.48. The first-order valence-corrected chi connectivity index (χ1v) is 16.0. The minimum atomic E-state index is -0.648. The van der Waals surface area contributed by atoms with Crippen molar-refractivity contribution < 1.29 is 23.8 Å². The number of anilines is 2. The average Bonchev–Trinajstić information content (AvgIpc) is 3.05. The number of fused-ring (bicyclic) bond motifs is 2. The molecule has 0 aliphatic carbocycles. The average molecular weight is 629 g/mol. The molecule has 2 bridgehead atoms. The Morgan fingerprint density at radius 2 is 1.91 bits per heavy atom. The highest BCUT2D eigenvalue weighted by Gasteiger charge is 2.27. The molecule has 2 aromatic carbocycles. The molecule has 1 saturated heterocycles. The van der Waals surface area contributed by atoms with E-state index in [1.807, 2.05) is 29.2 Å². The molecule has 2 amide bonds. The van der Waals surface area contributed by atoms with Crippen LogP contribution in [0.3, 0.4) is 0 Å². The number of hydrogen-bond acceptors (Lipinski definition) is 9. The summed E-state index contributed by atoms with van der Waals surface area (Å²) < 4.78 is 17.4. The van der Waals surface area contributed by atoms with Gasteiger partial charge in [-0.2, -0.15) is 0 Å². The molecule has 1 fully saturated rings. The molecule has 46 heavy (non-hydrogen) atoms. The molecular formula is C35H44N6O5. The zero-order chi connectivity index (χ0) is 32.5. The van der Waals surface area contributed by atoms with E-state index in [1.54, 1.807) is 13.2 Å². The number of carbonyl (C=O) groups is 2. The Bertz CT molecular complexity index is 1570. The largest absolute Gasteiger partial charge is 0.493 e. The third-order valence-corrected chi connectivity index (χ3v) is 8.29. The number of carbonyl (C=O) groups excluding carboxylic acids is 2. The number of methoxy groups -OCH3 is 1. The fourth-order valence-corrected chi connectivity index (χ4v) is 5.91. The predicted molar refractivity (Wildman–Crippen MR) is 177 cm³/mol. The number of nitrogens with zero attached hydrogens (tertiary/aromatic N) is 4. The Balaban J connectivity index is 1.48. The second-order valence-electron chi connectivity index (χ2n) is 12.1. The monoisotopic (exact) mass is 628 g/mol. The van der Waals surface area contributed by atoms with E-state index in [0.717, 1.165) is 50.2 Å². The van der Waals surface area contributed by atoms with Gasteiger partial charge in [0.15, 0.2) is 11.5 Å². The van der Waals surface area contributed by atoms with Gasteiger partial charge in [0.2, 0.25) is 11.8 Å². The molecule has 0 radical (unpaired) electrons. The van der Waals surface area contributed by atoms with E-state index in [1.165, 1.54) is 6.33 Å². The van der Waals surface area contributed by atoms with E-state index >= 15 is 0 Å². The molecule has 11 heteroatoms. The quantitative estimate of drug-likeness (QED) is 0.377. The van der Waals surface area contributed by atoms with Crippen LogP contribution in [0, 0.1) is 18.3 Å². The van der Waals surface area contributed by atoms with Crippen molar-refractivity contribution in [3.8, 4) is 23.8 Å². The number of nitrogens with one attached hydrogen (secondary N) is 2. The lowest BCUT2D eigenvalue weighted by Gasteiger charge is -2.31.